The molecule has 0 aliphatic rings. The summed E-state index contributed by atoms with van der Waals surface area (Å²) in [5, 5.41) is 10.1. The highest BCUT2D eigenvalue weighted by molar-refractivity contribution is 9.10. The molecule has 0 heterocycles. The van der Waals surface area contributed by atoms with Crippen LogP contribution in [-0.2, 0) is 9.59 Å². The first-order valence-electron chi connectivity index (χ1n) is 5.63. The number of carboxylic acids is 1. The maximum atomic E-state index is 12.7. The van der Waals surface area contributed by atoms with Crippen LogP contribution >= 0.6 is 15.9 Å². The van der Waals surface area contributed by atoms with E-state index in [9.17, 15) is 22.8 Å². The lowest BCUT2D eigenvalue weighted by Crippen LogP contribution is -2.61. The van der Waals surface area contributed by atoms with E-state index in [2.05, 4.69) is 15.9 Å². The number of alkyl halides is 3. The Morgan fingerprint density at radius 3 is 2.33 bits per heavy atom. The van der Waals surface area contributed by atoms with Crippen molar-refractivity contribution in [1.82, 2.24) is 5.32 Å². The second kappa shape index (κ2) is 6.30. The first-order chi connectivity index (χ1) is 9.58. The molecule has 0 fully saturated rings. The van der Waals surface area contributed by atoms with Crippen LogP contribution in [0.3, 0.4) is 0 Å². The Kier molecular flexibility index (Phi) is 5.16. The number of amides is 1. The zero-order valence-electron chi connectivity index (χ0n) is 10.7. The third kappa shape index (κ3) is 4.07. The Balaban J connectivity index is 2.91. The molecule has 0 radical (unpaired) electrons. The van der Waals surface area contributed by atoms with Crippen LogP contribution in [0.4, 0.5) is 13.2 Å². The molecule has 0 aliphatic heterocycles. The fraction of sp³-hybridized carbons (Fsp3) is 0.231. The average Bonchev–Trinajstić information content (AvgIpc) is 2.36. The van der Waals surface area contributed by atoms with E-state index in [0.29, 0.717) is 17.0 Å². The summed E-state index contributed by atoms with van der Waals surface area (Å²) in [6, 6.07) is 6.73. The molecule has 114 valence electrons. The number of nitrogens with one attached hydrogen (secondary N) is 1. The van der Waals surface area contributed by atoms with E-state index in [1.54, 1.807) is 24.3 Å². The van der Waals surface area contributed by atoms with Gasteiger partial charge in [0.25, 0.3) is 0 Å². The van der Waals surface area contributed by atoms with E-state index >= 15 is 0 Å². The minimum Gasteiger partial charge on any atom is -0.479 e. The van der Waals surface area contributed by atoms with Gasteiger partial charge in [0.05, 0.1) is 0 Å². The van der Waals surface area contributed by atoms with E-state index in [1.165, 1.54) is 11.4 Å². The predicted octanol–water partition coefficient (Wildman–Crippen LogP) is 2.98. The minimum absolute atomic E-state index is 0.388. The van der Waals surface area contributed by atoms with Gasteiger partial charge in [-0.25, -0.2) is 4.79 Å². The van der Waals surface area contributed by atoms with Gasteiger partial charge in [0.1, 0.15) is 0 Å². The van der Waals surface area contributed by atoms with Gasteiger partial charge in [-0.05, 0) is 24.6 Å². The van der Waals surface area contributed by atoms with Crippen molar-refractivity contribution < 1.29 is 27.9 Å². The number of hydrogen-bond acceptors (Lipinski definition) is 2. The second-order valence-electron chi connectivity index (χ2n) is 4.27. The smallest absolute Gasteiger partial charge is 0.422 e. The number of carbonyl (C=O) groups excluding carboxylic acids is 1. The highest BCUT2D eigenvalue weighted by Crippen LogP contribution is 2.30. The molecule has 2 N–H and O–H groups in total. The van der Waals surface area contributed by atoms with Crippen LogP contribution in [0.5, 0.6) is 0 Å². The Hall–Kier alpha value is -1.83. The number of halogens is 4. The first kappa shape index (κ1) is 17.2. The standard InChI is InChI=1S/C13H11BrF3NO3/c1-12(11(20)21,13(15,16)17)18-10(19)7-6-8-4-2-3-5-9(8)14/h2-7H,1H3,(H,18,19)(H,20,21). The molecule has 1 rings (SSSR count). The molecule has 0 saturated heterocycles. The van der Waals surface area contributed by atoms with Crippen LogP contribution in [0.1, 0.15) is 12.5 Å². The van der Waals surface area contributed by atoms with Gasteiger partial charge in [-0.2, -0.15) is 13.2 Å². The Morgan fingerprint density at radius 2 is 1.86 bits per heavy atom. The molecule has 1 aromatic carbocycles. The Morgan fingerprint density at radius 1 is 1.29 bits per heavy atom. The molecule has 0 bridgehead atoms. The lowest BCUT2D eigenvalue weighted by atomic mass is 10.0. The summed E-state index contributed by atoms with van der Waals surface area (Å²) in [5.41, 5.74) is -2.78. The van der Waals surface area contributed by atoms with Crippen LogP contribution in [0.15, 0.2) is 34.8 Å². The van der Waals surface area contributed by atoms with Crippen molar-refractivity contribution in [3.8, 4) is 0 Å². The van der Waals surface area contributed by atoms with Gasteiger partial charge in [0, 0.05) is 10.5 Å². The van der Waals surface area contributed by atoms with Gasteiger partial charge in [-0.15, -0.1) is 0 Å². The first-order valence-corrected chi connectivity index (χ1v) is 6.42. The SMILES string of the molecule is CC(NC(=O)C=Cc1ccccc1Br)(C(=O)O)C(F)(F)F. The van der Waals surface area contributed by atoms with Crippen molar-refractivity contribution in [3.05, 3.63) is 40.4 Å². The lowest BCUT2D eigenvalue weighted by molar-refractivity contribution is -0.206. The number of hydrogen-bond donors (Lipinski definition) is 2. The molecule has 1 aromatic rings. The average molecular weight is 366 g/mol. The minimum atomic E-state index is -5.12. The summed E-state index contributed by atoms with van der Waals surface area (Å²) in [7, 11) is 0. The van der Waals surface area contributed by atoms with E-state index < -0.39 is 23.6 Å². The maximum absolute atomic E-state index is 12.7. The Bertz CT molecular complexity index is 586. The third-order valence-electron chi connectivity index (χ3n) is 2.69. The lowest BCUT2D eigenvalue weighted by Gasteiger charge is -2.27. The molecular formula is C13H11BrF3NO3. The molecule has 0 aliphatic carbocycles. The van der Waals surface area contributed by atoms with Gasteiger partial charge < -0.3 is 10.4 Å². The molecule has 0 spiro atoms. The van der Waals surface area contributed by atoms with Gasteiger partial charge in [-0.3, -0.25) is 4.79 Å². The molecule has 4 nitrogen and oxygen atoms in total. The molecule has 21 heavy (non-hydrogen) atoms. The molecule has 1 atom stereocenters. The van der Waals surface area contributed by atoms with Crippen molar-refractivity contribution in [2.75, 3.05) is 0 Å². The maximum Gasteiger partial charge on any atom is 0.422 e. The summed E-state index contributed by atoms with van der Waals surface area (Å²) in [6.07, 6.45) is -3.00. The number of rotatable bonds is 4. The number of carbonyl (C=O) groups is 2. The van der Waals surface area contributed by atoms with Crippen LogP contribution < -0.4 is 5.32 Å². The highest BCUT2D eigenvalue weighted by Gasteiger charge is 2.58. The van der Waals surface area contributed by atoms with E-state index in [-0.39, 0.29) is 0 Å². The summed E-state index contributed by atoms with van der Waals surface area (Å²) in [6.45, 7) is 0.388. The van der Waals surface area contributed by atoms with Gasteiger partial charge in [0.15, 0.2) is 0 Å². The molecule has 0 aromatic heterocycles. The van der Waals surface area contributed by atoms with Gasteiger partial charge in [-0.1, -0.05) is 34.1 Å². The topological polar surface area (TPSA) is 66.4 Å². The van der Waals surface area contributed by atoms with Crippen molar-refractivity contribution >= 4 is 33.9 Å². The normalized spacial score (nSPS) is 14.7. The molecular weight excluding hydrogens is 355 g/mol. The fourth-order valence-electron chi connectivity index (χ4n) is 1.31. The zero-order valence-corrected chi connectivity index (χ0v) is 12.3. The summed E-state index contributed by atoms with van der Waals surface area (Å²) in [5.74, 6) is -3.34. The zero-order chi connectivity index (χ0) is 16.3. The molecule has 0 saturated carbocycles. The second-order valence-corrected chi connectivity index (χ2v) is 5.13. The summed E-state index contributed by atoms with van der Waals surface area (Å²) in [4.78, 5) is 22.3. The van der Waals surface area contributed by atoms with Crippen LogP contribution in [0.2, 0.25) is 0 Å². The van der Waals surface area contributed by atoms with Crippen molar-refractivity contribution in [2.24, 2.45) is 0 Å². The fourth-order valence-corrected chi connectivity index (χ4v) is 1.73. The number of aliphatic carboxylic acids is 1. The molecule has 8 heteroatoms. The highest BCUT2D eigenvalue weighted by atomic mass is 79.9. The molecule has 1 unspecified atom stereocenters. The predicted molar refractivity (Wildman–Crippen MR) is 73.4 cm³/mol. The monoisotopic (exact) mass is 365 g/mol. The number of carboxylic acid groups (broad SMARTS) is 1. The largest absolute Gasteiger partial charge is 0.479 e. The van der Waals surface area contributed by atoms with Crippen LogP contribution in [-0.4, -0.2) is 28.7 Å². The van der Waals surface area contributed by atoms with Crippen molar-refractivity contribution in [1.29, 1.82) is 0 Å². The van der Waals surface area contributed by atoms with Crippen LogP contribution in [0.25, 0.3) is 6.08 Å². The van der Waals surface area contributed by atoms with E-state index in [1.807, 2.05) is 0 Å². The summed E-state index contributed by atoms with van der Waals surface area (Å²) < 4.78 is 38.8. The summed E-state index contributed by atoms with van der Waals surface area (Å²) >= 11 is 3.21. The molecule has 1 amide bonds. The van der Waals surface area contributed by atoms with Crippen LogP contribution in [0, 0.1) is 0 Å². The Labute approximate surface area is 126 Å². The van der Waals surface area contributed by atoms with E-state index in [4.69, 9.17) is 5.11 Å². The van der Waals surface area contributed by atoms with Crippen molar-refractivity contribution in [3.63, 3.8) is 0 Å². The van der Waals surface area contributed by atoms with Gasteiger partial charge >= 0.3 is 12.1 Å². The quantitative estimate of drug-likeness (QED) is 0.806. The third-order valence-corrected chi connectivity index (χ3v) is 3.41. The number of benzene rings is 1. The van der Waals surface area contributed by atoms with Crippen molar-refractivity contribution in [2.45, 2.75) is 18.6 Å². The van der Waals surface area contributed by atoms with E-state index in [0.717, 1.165) is 6.08 Å². The van der Waals surface area contributed by atoms with Gasteiger partial charge in [0.2, 0.25) is 11.4 Å².